The Kier molecular flexibility index (Phi) is 3.17. The van der Waals surface area contributed by atoms with Crippen LogP contribution in [0.3, 0.4) is 0 Å². The van der Waals surface area contributed by atoms with Gasteiger partial charge in [0.1, 0.15) is 0 Å². The van der Waals surface area contributed by atoms with Gasteiger partial charge in [-0.1, -0.05) is 12.2 Å². The van der Waals surface area contributed by atoms with Crippen molar-refractivity contribution in [3.05, 3.63) is 12.2 Å². The number of carbonyl (C=O) groups excluding carboxylic acids is 1. The van der Waals surface area contributed by atoms with Crippen LogP contribution in [0.15, 0.2) is 12.2 Å². The largest absolute Gasteiger partial charge is 0.387 e. The molecule has 1 amide bonds. The fraction of sp³-hybridized carbons (Fsp3) is 0.625. The maximum atomic E-state index is 10.7. The molecule has 0 radical (unpaired) electrons. The maximum Gasteiger partial charge on any atom is 0.217 e. The van der Waals surface area contributed by atoms with E-state index in [2.05, 4.69) is 5.32 Å². The lowest BCUT2D eigenvalue weighted by atomic mass is 10.2. The molecular formula is C8H13NO2S. The van der Waals surface area contributed by atoms with Crippen LogP contribution in [0.5, 0.6) is 0 Å². The molecule has 68 valence electrons. The molecule has 1 aliphatic carbocycles. The van der Waals surface area contributed by atoms with E-state index in [9.17, 15) is 9.90 Å². The van der Waals surface area contributed by atoms with E-state index in [1.165, 1.54) is 6.92 Å². The standard InChI is InChI=1S/C8H13NO2S/c1-5(10)9-8-6(11)3-4-7(8)12-2/h3-4,6-8,11H,1-2H3,(H,9,10)/t6-,7-,8-/m0/s1. The van der Waals surface area contributed by atoms with E-state index in [0.717, 1.165) is 0 Å². The Bertz CT molecular complexity index is 205. The molecular weight excluding hydrogens is 174 g/mol. The quantitative estimate of drug-likeness (QED) is 0.605. The van der Waals surface area contributed by atoms with Crippen molar-refractivity contribution in [2.45, 2.75) is 24.3 Å². The number of nitrogens with one attached hydrogen (secondary N) is 1. The lowest BCUT2D eigenvalue weighted by Gasteiger charge is -2.21. The summed E-state index contributed by atoms with van der Waals surface area (Å²) in [6, 6.07) is -0.155. The van der Waals surface area contributed by atoms with Gasteiger partial charge in [0, 0.05) is 12.2 Å². The van der Waals surface area contributed by atoms with Gasteiger partial charge < -0.3 is 10.4 Å². The summed E-state index contributed by atoms with van der Waals surface area (Å²) in [5.41, 5.74) is 0. The number of hydrogen-bond donors (Lipinski definition) is 2. The molecule has 3 nitrogen and oxygen atoms in total. The van der Waals surface area contributed by atoms with E-state index in [4.69, 9.17) is 0 Å². The van der Waals surface area contributed by atoms with Crippen molar-refractivity contribution in [2.24, 2.45) is 0 Å². The van der Waals surface area contributed by atoms with Crippen LogP contribution in [0.2, 0.25) is 0 Å². The summed E-state index contributed by atoms with van der Waals surface area (Å²) in [6.45, 7) is 1.46. The van der Waals surface area contributed by atoms with E-state index < -0.39 is 6.10 Å². The molecule has 0 aromatic heterocycles. The average molecular weight is 187 g/mol. The van der Waals surface area contributed by atoms with Crippen LogP contribution in [0.4, 0.5) is 0 Å². The Hall–Kier alpha value is -0.480. The highest BCUT2D eigenvalue weighted by Crippen LogP contribution is 2.22. The molecule has 12 heavy (non-hydrogen) atoms. The Morgan fingerprint density at radius 2 is 2.25 bits per heavy atom. The van der Waals surface area contributed by atoms with Crippen LogP contribution in [-0.2, 0) is 4.79 Å². The minimum atomic E-state index is -0.536. The zero-order chi connectivity index (χ0) is 9.14. The summed E-state index contributed by atoms with van der Waals surface area (Å²) in [5, 5.41) is 12.3. The first-order chi connectivity index (χ1) is 5.65. The molecule has 0 aromatic rings. The third kappa shape index (κ3) is 2.01. The Morgan fingerprint density at radius 3 is 2.75 bits per heavy atom. The number of carbonyl (C=O) groups is 1. The third-order valence-electron chi connectivity index (χ3n) is 1.86. The van der Waals surface area contributed by atoms with Gasteiger partial charge in [-0.2, -0.15) is 11.8 Å². The highest BCUT2D eigenvalue weighted by molar-refractivity contribution is 7.99. The number of hydrogen-bond acceptors (Lipinski definition) is 3. The van der Waals surface area contributed by atoms with E-state index in [1.807, 2.05) is 12.3 Å². The fourth-order valence-corrected chi connectivity index (χ4v) is 2.05. The summed E-state index contributed by atoms with van der Waals surface area (Å²) in [7, 11) is 0. The van der Waals surface area contributed by atoms with Crippen LogP contribution < -0.4 is 5.32 Å². The predicted octanol–water partition coefficient (Wildman–Crippen LogP) is 0.153. The summed E-state index contributed by atoms with van der Waals surface area (Å²) in [4.78, 5) is 10.7. The van der Waals surface area contributed by atoms with Crippen LogP contribution in [0.25, 0.3) is 0 Å². The minimum Gasteiger partial charge on any atom is -0.387 e. The van der Waals surface area contributed by atoms with Crippen molar-refractivity contribution in [1.29, 1.82) is 0 Å². The second-order valence-electron chi connectivity index (χ2n) is 2.80. The molecule has 0 fully saturated rings. The van der Waals surface area contributed by atoms with Gasteiger partial charge >= 0.3 is 0 Å². The molecule has 2 N–H and O–H groups in total. The van der Waals surface area contributed by atoms with Crippen molar-refractivity contribution < 1.29 is 9.90 Å². The second kappa shape index (κ2) is 3.96. The molecule has 4 heteroatoms. The Morgan fingerprint density at radius 1 is 1.58 bits per heavy atom. The average Bonchev–Trinajstić information content (AvgIpc) is 2.32. The summed E-state index contributed by atoms with van der Waals surface area (Å²) >= 11 is 1.62. The molecule has 0 heterocycles. The van der Waals surface area contributed by atoms with Crippen LogP contribution in [0.1, 0.15) is 6.92 Å². The molecule has 1 aliphatic rings. The van der Waals surface area contributed by atoms with Gasteiger partial charge in [0.25, 0.3) is 0 Å². The molecule has 0 aromatic carbocycles. The van der Waals surface area contributed by atoms with Gasteiger partial charge in [-0.15, -0.1) is 0 Å². The normalized spacial score (nSPS) is 33.8. The fourth-order valence-electron chi connectivity index (χ4n) is 1.28. The molecule has 0 spiro atoms. The first kappa shape index (κ1) is 9.61. The number of thioether (sulfide) groups is 1. The SMILES string of the molecule is CS[C@H]1C=C[C@H](O)[C@@H]1NC(C)=O. The number of aliphatic hydroxyl groups excluding tert-OH is 1. The van der Waals surface area contributed by atoms with Crippen molar-refractivity contribution in [3.8, 4) is 0 Å². The second-order valence-corrected chi connectivity index (χ2v) is 3.82. The highest BCUT2D eigenvalue weighted by atomic mass is 32.2. The van der Waals surface area contributed by atoms with Gasteiger partial charge in [0.2, 0.25) is 5.91 Å². The van der Waals surface area contributed by atoms with Crippen LogP contribution in [0, 0.1) is 0 Å². The number of amides is 1. The monoisotopic (exact) mass is 187 g/mol. The lowest BCUT2D eigenvalue weighted by Crippen LogP contribution is -2.44. The van der Waals surface area contributed by atoms with Crippen molar-refractivity contribution in [3.63, 3.8) is 0 Å². The zero-order valence-corrected chi connectivity index (χ0v) is 7.97. The number of aliphatic hydroxyl groups is 1. The zero-order valence-electron chi connectivity index (χ0n) is 7.15. The molecule has 0 aliphatic heterocycles. The third-order valence-corrected chi connectivity index (χ3v) is 2.86. The Balaban J connectivity index is 2.55. The van der Waals surface area contributed by atoms with E-state index >= 15 is 0 Å². The van der Waals surface area contributed by atoms with Crippen molar-refractivity contribution >= 4 is 17.7 Å². The smallest absolute Gasteiger partial charge is 0.217 e. The topological polar surface area (TPSA) is 49.3 Å². The highest BCUT2D eigenvalue weighted by Gasteiger charge is 2.29. The van der Waals surface area contributed by atoms with E-state index in [1.54, 1.807) is 17.8 Å². The predicted molar refractivity (Wildman–Crippen MR) is 50.1 cm³/mol. The van der Waals surface area contributed by atoms with Crippen LogP contribution >= 0.6 is 11.8 Å². The molecule has 0 saturated heterocycles. The molecule has 1 rings (SSSR count). The summed E-state index contributed by atoms with van der Waals surface area (Å²) in [6.07, 6.45) is 5.07. The first-order valence-electron chi connectivity index (χ1n) is 3.81. The van der Waals surface area contributed by atoms with E-state index in [0.29, 0.717) is 0 Å². The van der Waals surface area contributed by atoms with Gasteiger partial charge in [0.15, 0.2) is 0 Å². The van der Waals surface area contributed by atoms with Gasteiger partial charge in [-0.25, -0.2) is 0 Å². The van der Waals surface area contributed by atoms with Gasteiger partial charge in [0.05, 0.1) is 12.1 Å². The summed E-state index contributed by atoms with van der Waals surface area (Å²) < 4.78 is 0. The van der Waals surface area contributed by atoms with Crippen LogP contribution in [-0.4, -0.2) is 34.7 Å². The maximum absolute atomic E-state index is 10.7. The molecule has 0 unspecified atom stereocenters. The summed E-state index contributed by atoms with van der Waals surface area (Å²) in [5.74, 6) is -0.0956. The number of rotatable bonds is 2. The lowest BCUT2D eigenvalue weighted by molar-refractivity contribution is -0.120. The van der Waals surface area contributed by atoms with E-state index in [-0.39, 0.29) is 17.2 Å². The molecule has 3 atom stereocenters. The van der Waals surface area contributed by atoms with Gasteiger partial charge in [-0.05, 0) is 6.26 Å². The van der Waals surface area contributed by atoms with Crippen molar-refractivity contribution in [1.82, 2.24) is 5.32 Å². The molecule has 0 bridgehead atoms. The van der Waals surface area contributed by atoms with Crippen molar-refractivity contribution in [2.75, 3.05) is 6.26 Å². The first-order valence-corrected chi connectivity index (χ1v) is 5.10. The Labute approximate surface area is 76.2 Å². The van der Waals surface area contributed by atoms with Gasteiger partial charge in [-0.3, -0.25) is 4.79 Å². The molecule has 0 saturated carbocycles. The minimum absolute atomic E-state index is 0.0956.